The number of anilines is 1. The minimum atomic E-state index is -5.08. The summed E-state index contributed by atoms with van der Waals surface area (Å²) in [5.74, 6) is -3.13. The van der Waals surface area contributed by atoms with E-state index < -0.39 is 23.6 Å². The van der Waals surface area contributed by atoms with Crippen molar-refractivity contribution in [1.82, 2.24) is 4.98 Å². The first-order valence-corrected chi connectivity index (χ1v) is 5.76. The number of carboxylic acid groups (broad SMARTS) is 1. The molecule has 1 atom stereocenters. The second kappa shape index (κ2) is 5.23. The number of pyridine rings is 1. The topological polar surface area (TPSA) is 105 Å². The number of amides is 1. The van der Waals surface area contributed by atoms with E-state index in [2.05, 4.69) is 4.98 Å². The zero-order chi connectivity index (χ0) is 16.6. The van der Waals surface area contributed by atoms with Crippen molar-refractivity contribution in [3.8, 4) is 0 Å². The predicted octanol–water partition coefficient (Wildman–Crippen LogP) is 1.61. The number of alkyl halides is 3. The Labute approximate surface area is 118 Å². The predicted molar refractivity (Wildman–Crippen MR) is 67.9 cm³/mol. The molecule has 0 saturated heterocycles. The SMILES string of the molecule is Cc1cc(NC(C)(C(=O)O)C(F)(F)F)c(C(N)=O)c(C)n1. The average Bonchev–Trinajstić information content (AvgIpc) is 2.24. The quantitative estimate of drug-likeness (QED) is 0.784. The molecule has 1 aromatic heterocycles. The van der Waals surface area contributed by atoms with Gasteiger partial charge in [0.1, 0.15) is 0 Å². The van der Waals surface area contributed by atoms with Crippen molar-refractivity contribution >= 4 is 17.6 Å². The van der Waals surface area contributed by atoms with Gasteiger partial charge in [0.2, 0.25) is 5.54 Å². The number of nitrogens with zero attached hydrogens (tertiary/aromatic N) is 1. The molecular formula is C12H14F3N3O3. The van der Waals surface area contributed by atoms with Crippen molar-refractivity contribution in [2.75, 3.05) is 5.32 Å². The smallest absolute Gasteiger partial charge is 0.422 e. The van der Waals surface area contributed by atoms with Gasteiger partial charge in [-0.25, -0.2) is 4.79 Å². The summed E-state index contributed by atoms with van der Waals surface area (Å²) >= 11 is 0. The number of carboxylic acids is 1. The summed E-state index contributed by atoms with van der Waals surface area (Å²) in [7, 11) is 0. The van der Waals surface area contributed by atoms with Crippen LogP contribution in [0.5, 0.6) is 0 Å². The van der Waals surface area contributed by atoms with Crippen LogP contribution in [0.25, 0.3) is 0 Å². The number of aromatic nitrogens is 1. The highest BCUT2D eigenvalue weighted by molar-refractivity contribution is 6.00. The molecule has 0 aliphatic heterocycles. The van der Waals surface area contributed by atoms with Crippen molar-refractivity contribution < 1.29 is 27.9 Å². The van der Waals surface area contributed by atoms with E-state index in [0.29, 0.717) is 12.6 Å². The van der Waals surface area contributed by atoms with Gasteiger partial charge in [-0.2, -0.15) is 13.2 Å². The Morgan fingerprint density at radius 1 is 1.33 bits per heavy atom. The van der Waals surface area contributed by atoms with Gasteiger partial charge in [0.25, 0.3) is 5.91 Å². The maximum Gasteiger partial charge on any atom is 0.422 e. The van der Waals surface area contributed by atoms with Gasteiger partial charge in [-0.05, 0) is 26.8 Å². The Morgan fingerprint density at radius 3 is 2.24 bits per heavy atom. The summed E-state index contributed by atoms with van der Waals surface area (Å²) in [6, 6.07) is 1.14. The van der Waals surface area contributed by atoms with E-state index >= 15 is 0 Å². The standard InChI is InChI=1S/C12H14F3N3O3/c1-5-4-7(8(9(16)19)6(2)17-5)18-11(3,10(20)21)12(13,14)15/h4H,1-3H3,(H2,16,19)(H,17,18)(H,20,21). The van der Waals surface area contributed by atoms with Crippen LogP contribution < -0.4 is 11.1 Å². The molecule has 1 rings (SSSR count). The maximum atomic E-state index is 13.0. The minimum Gasteiger partial charge on any atom is -0.479 e. The molecule has 0 radical (unpaired) electrons. The molecule has 1 amide bonds. The van der Waals surface area contributed by atoms with Crippen LogP contribution in [-0.2, 0) is 4.79 Å². The van der Waals surface area contributed by atoms with Crippen molar-refractivity contribution in [1.29, 1.82) is 0 Å². The van der Waals surface area contributed by atoms with Crippen LogP contribution in [0.3, 0.4) is 0 Å². The van der Waals surface area contributed by atoms with Crippen molar-refractivity contribution in [3.63, 3.8) is 0 Å². The van der Waals surface area contributed by atoms with Crippen molar-refractivity contribution in [3.05, 3.63) is 23.0 Å². The fourth-order valence-electron chi connectivity index (χ4n) is 1.75. The van der Waals surface area contributed by atoms with Crippen LogP contribution in [0.15, 0.2) is 6.07 Å². The first kappa shape index (κ1) is 16.7. The van der Waals surface area contributed by atoms with Gasteiger partial charge in [-0.1, -0.05) is 0 Å². The second-order valence-corrected chi connectivity index (χ2v) is 4.69. The maximum absolute atomic E-state index is 13.0. The van der Waals surface area contributed by atoms with Gasteiger partial charge in [0, 0.05) is 5.69 Å². The van der Waals surface area contributed by atoms with Gasteiger partial charge in [-0.15, -0.1) is 0 Å². The summed E-state index contributed by atoms with van der Waals surface area (Å²) in [6.45, 7) is 3.35. The Kier molecular flexibility index (Phi) is 4.16. The van der Waals surface area contributed by atoms with E-state index in [0.717, 1.165) is 6.07 Å². The van der Waals surface area contributed by atoms with E-state index in [1.165, 1.54) is 13.8 Å². The fourth-order valence-corrected chi connectivity index (χ4v) is 1.75. The third-order valence-corrected chi connectivity index (χ3v) is 2.95. The van der Waals surface area contributed by atoms with Gasteiger partial charge in [0.05, 0.1) is 16.9 Å². The number of aryl methyl sites for hydroxylation is 2. The number of carbonyl (C=O) groups is 2. The van der Waals surface area contributed by atoms with Crippen LogP contribution >= 0.6 is 0 Å². The lowest BCUT2D eigenvalue weighted by Crippen LogP contribution is -2.55. The molecule has 0 saturated carbocycles. The number of nitrogens with two attached hydrogens (primary N) is 1. The van der Waals surface area contributed by atoms with Gasteiger partial charge < -0.3 is 16.2 Å². The van der Waals surface area contributed by atoms with E-state index in [1.807, 2.05) is 5.32 Å². The van der Waals surface area contributed by atoms with E-state index in [1.54, 1.807) is 0 Å². The number of rotatable bonds is 4. The number of nitrogens with one attached hydrogen (secondary N) is 1. The largest absolute Gasteiger partial charge is 0.479 e. The Balaban J connectivity index is 3.48. The third-order valence-electron chi connectivity index (χ3n) is 2.95. The Hall–Kier alpha value is -2.32. The molecular weight excluding hydrogens is 291 g/mol. The lowest BCUT2D eigenvalue weighted by Gasteiger charge is -2.30. The molecule has 1 heterocycles. The zero-order valence-corrected chi connectivity index (χ0v) is 11.5. The van der Waals surface area contributed by atoms with Gasteiger partial charge in [0.15, 0.2) is 0 Å². The van der Waals surface area contributed by atoms with Gasteiger partial charge in [-0.3, -0.25) is 9.78 Å². The number of carbonyl (C=O) groups excluding carboxylic acids is 1. The highest BCUT2D eigenvalue weighted by Crippen LogP contribution is 2.35. The van der Waals surface area contributed by atoms with Crippen molar-refractivity contribution in [2.24, 2.45) is 5.73 Å². The van der Waals surface area contributed by atoms with Crippen molar-refractivity contribution in [2.45, 2.75) is 32.5 Å². The number of halogens is 3. The molecule has 4 N–H and O–H groups in total. The molecule has 9 heteroatoms. The third kappa shape index (κ3) is 3.06. The number of hydrogen-bond donors (Lipinski definition) is 3. The average molecular weight is 305 g/mol. The lowest BCUT2D eigenvalue weighted by molar-refractivity contribution is -0.192. The number of hydrogen-bond acceptors (Lipinski definition) is 4. The molecule has 0 spiro atoms. The highest BCUT2D eigenvalue weighted by atomic mass is 19.4. The molecule has 0 aliphatic rings. The molecule has 0 fully saturated rings. The summed E-state index contributed by atoms with van der Waals surface area (Å²) in [5.41, 5.74) is 1.68. The molecule has 0 bridgehead atoms. The van der Waals surface area contributed by atoms with Crippen LogP contribution in [0.1, 0.15) is 28.7 Å². The molecule has 21 heavy (non-hydrogen) atoms. The lowest BCUT2D eigenvalue weighted by atomic mass is 9.99. The molecule has 1 unspecified atom stereocenters. The summed E-state index contributed by atoms with van der Waals surface area (Å²) in [6.07, 6.45) is -5.08. The number of aliphatic carboxylic acids is 1. The Bertz CT molecular complexity index is 601. The molecule has 116 valence electrons. The molecule has 0 aliphatic carbocycles. The second-order valence-electron chi connectivity index (χ2n) is 4.69. The van der Waals surface area contributed by atoms with Crippen LogP contribution in [0.2, 0.25) is 0 Å². The normalized spacial score (nSPS) is 14.4. The summed E-state index contributed by atoms with van der Waals surface area (Å²) in [5, 5.41) is 10.7. The van der Waals surface area contributed by atoms with Crippen LogP contribution in [-0.4, -0.2) is 33.7 Å². The molecule has 6 nitrogen and oxygen atoms in total. The van der Waals surface area contributed by atoms with Gasteiger partial charge >= 0.3 is 12.1 Å². The zero-order valence-electron chi connectivity index (χ0n) is 11.5. The van der Waals surface area contributed by atoms with E-state index in [4.69, 9.17) is 10.8 Å². The van der Waals surface area contributed by atoms with Crippen LogP contribution in [0, 0.1) is 13.8 Å². The molecule has 1 aromatic rings. The van der Waals surface area contributed by atoms with E-state index in [-0.39, 0.29) is 16.9 Å². The Morgan fingerprint density at radius 2 is 1.86 bits per heavy atom. The minimum absolute atomic E-state index is 0.111. The van der Waals surface area contributed by atoms with E-state index in [9.17, 15) is 22.8 Å². The monoisotopic (exact) mass is 305 g/mol. The first-order chi connectivity index (χ1) is 9.40. The van der Waals surface area contributed by atoms with Crippen LogP contribution in [0.4, 0.5) is 18.9 Å². The number of primary amides is 1. The summed E-state index contributed by atoms with van der Waals surface area (Å²) < 4.78 is 39.0. The fraction of sp³-hybridized carbons (Fsp3) is 0.417. The molecule has 0 aromatic carbocycles. The summed E-state index contributed by atoms with van der Waals surface area (Å²) in [4.78, 5) is 26.3. The highest BCUT2D eigenvalue weighted by Gasteiger charge is 2.58. The first-order valence-electron chi connectivity index (χ1n) is 5.76.